The molecule has 8 heteroatoms. The molecule has 4 rings (SSSR count). The third kappa shape index (κ3) is 5.37. The molecule has 3 unspecified atom stereocenters. The maximum Gasteiger partial charge on any atom is 0.223 e. The van der Waals surface area contributed by atoms with Crippen molar-refractivity contribution in [2.24, 2.45) is 5.92 Å². The fraction of sp³-hybridized carbons (Fsp3) is 0.789. The number of carbonyl (C=O) groups excluding carboxylic acids is 1. The van der Waals surface area contributed by atoms with E-state index in [0.717, 1.165) is 24.5 Å². The molecule has 0 radical (unpaired) electrons. The lowest BCUT2D eigenvalue weighted by atomic mass is 9.89. The van der Waals surface area contributed by atoms with Crippen LogP contribution in [0, 0.1) is 19.8 Å². The van der Waals surface area contributed by atoms with Gasteiger partial charge >= 0.3 is 0 Å². The average Bonchev–Trinajstić information content (AvgIpc) is 3.08. The Morgan fingerprint density at radius 2 is 1.96 bits per heavy atom. The Hall–Kier alpha value is -0.820. The standard InChI is InChI=1S/C19H30N4O2.2ClH/c1-13-7-14(2)23(21-13)12-18-11-22(5-6-25-18)19(24)10-15-8-16-3-4-17(9-15)20-16;;/h7,15-18,20H,3-6,8-12H2,1-2H3;2*1H. The van der Waals surface area contributed by atoms with Crippen molar-refractivity contribution in [3.63, 3.8) is 0 Å². The molecule has 3 aliphatic heterocycles. The summed E-state index contributed by atoms with van der Waals surface area (Å²) in [6, 6.07) is 3.39. The van der Waals surface area contributed by atoms with E-state index in [0.29, 0.717) is 43.5 Å². The summed E-state index contributed by atoms with van der Waals surface area (Å²) >= 11 is 0. The van der Waals surface area contributed by atoms with E-state index in [2.05, 4.69) is 23.4 Å². The van der Waals surface area contributed by atoms with Crippen molar-refractivity contribution in [3.8, 4) is 0 Å². The number of halogens is 2. The molecular formula is C19H32Cl2N4O2. The van der Waals surface area contributed by atoms with Crippen molar-refractivity contribution in [3.05, 3.63) is 17.5 Å². The fourth-order valence-electron chi connectivity index (χ4n) is 4.83. The number of morpholine rings is 1. The maximum atomic E-state index is 12.8. The largest absolute Gasteiger partial charge is 0.373 e. The molecule has 2 bridgehead atoms. The highest BCUT2D eigenvalue weighted by Crippen LogP contribution is 2.33. The molecule has 154 valence electrons. The van der Waals surface area contributed by atoms with Crippen LogP contribution in [-0.2, 0) is 16.1 Å². The summed E-state index contributed by atoms with van der Waals surface area (Å²) < 4.78 is 7.89. The van der Waals surface area contributed by atoms with Crippen LogP contribution in [0.3, 0.4) is 0 Å². The van der Waals surface area contributed by atoms with Crippen molar-refractivity contribution in [2.75, 3.05) is 19.7 Å². The Kier molecular flexibility index (Phi) is 7.98. The molecule has 0 spiro atoms. The van der Waals surface area contributed by atoms with Crippen LogP contribution in [0.25, 0.3) is 0 Å². The zero-order valence-corrected chi connectivity index (χ0v) is 17.9. The number of hydrogen-bond donors (Lipinski definition) is 1. The zero-order valence-electron chi connectivity index (χ0n) is 16.2. The monoisotopic (exact) mass is 418 g/mol. The molecule has 4 heterocycles. The first-order chi connectivity index (χ1) is 12.1. The molecule has 1 aromatic heterocycles. The van der Waals surface area contributed by atoms with E-state index in [1.54, 1.807) is 0 Å². The number of nitrogens with one attached hydrogen (secondary N) is 1. The molecule has 1 aromatic rings. The smallest absolute Gasteiger partial charge is 0.223 e. The second kappa shape index (κ2) is 9.59. The molecule has 3 aliphatic rings. The number of fused-ring (bicyclic) bond motifs is 2. The third-order valence-electron chi connectivity index (χ3n) is 6.01. The Morgan fingerprint density at radius 3 is 2.59 bits per heavy atom. The highest BCUT2D eigenvalue weighted by Gasteiger charge is 2.35. The average molecular weight is 419 g/mol. The van der Waals surface area contributed by atoms with Gasteiger partial charge in [-0.25, -0.2) is 0 Å². The Morgan fingerprint density at radius 1 is 1.26 bits per heavy atom. The first kappa shape index (κ1) is 22.5. The van der Waals surface area contributed by atoms with E-state index in [-0.39, 0.29) is 30.9 Å². The van der Waals surface area contributed by atoms with Crippen LogP contribution in [0.15, 0.2) is 6.07 Å². The van der Waals surface area contributed by atoms with Crippen LogP contribution < -0.4 is 5.32 Å². The van der Waals surface area contributed by atoms with Gasteiger partial charge in [0.25, 0.3) is 0 Å². The molecule has 3 fully saturated rings. The molecule has 3 saturated heterocycles. The molecule has 27 heavy (non-hydrogen) atoms. The Balaban J connectivity index is 0.00000131. The maximum absolute atomic E-state index is 12.8. The van der Waals surface area contributed by atoms with Gasteiger partial charge in [-0.15, -0.1) is 24.8 Å². The summed E-state index contributed by atoms with van der Waals surface area (Å²) in [4.78, 5) is 14.8. The number of hydrogen-bond acceptors (Lipinski definition) is 4. The highest BCUT2D eigenvalue weighted by molar-refractivity contribution is 5.85. The topological polar surface area (TPSA) is 59.4 Å². The minimum absolute atomic E-state index is 0. The van der Waals surface area contributed by atoms with Gasteiger partial charge < -0.3 is 15.0 Å². The minimum atomic E-state index is 0. The van der Waals surface area contributed by atoms with Gasteiger partial charge in [0.05, 0.1) is 24.9 Å². The number of nitrogens with zero attached hydrogens (tertiary/aromatic N) is 3. The zero-order chi connectivity index (χ0) is 17.4. The van der Waals surface area contributed by atoms with Gasteiger partial charge in [0.1, 0.15) is 0 Å². The molecule has 0 saturated carbocycles. The van der Waals surface area contributed by atoms with Crippen LogP contribution in [0.1, 0.15) is 43.5 Å². The predicted octanol–water partition coefficient (Wildman–Crippen LogP) is 2.49. The summed E-state index contributed by atoms with van der Waals surface area (Å²) in [7, 11) is 0. The van der Waals surface area contributed by atoms with E-state index in [4.69, 9.17) is 4.74 Å². The number of aromatic nitrogens is 2. The van der Waals surface area contributed by atoms with E-state index < -0.39 is 0 Å². The Labute approximate surface area is 174 Å². The molecule has 1 amide bonds. The summed E-state index contributed by atoms with van der Waals surface area (Å²) in [5.41, 5.74) is 2.18. The minimum Gasteiger partial charge on any atom is -0.373 e. The van der Waals surface area contributed by atoms with E-state index in [1.807, 2.05) is 16.5 Å². The third-order valence-corrected chi connectivity index (χ3v) is 6.01. The van der Waals surface area contributed by atoms with Gasteiger partial charge in [0.2, 0.25) is 5.91 Å². The number of aryl methyl sites for hydroxylation is 2. The van der Waals surface area contributed by atoms with Crippen molar-refractivity contribution < 1.29 is 9.53 Å². The van der Waals surface area contributed by atoms with Crippen molar-refractivity contribution >= 4 is 30.7 Å². The van der Waals surface area contributed by atoms with Crippen LogP contribution >= 0.6 is 24.8 Å². The molecule has 6 nitrogen and oxygen atoms in total. The lowest BCUT2D eigenvalue weighted by Gasteiger charge is -2.35. The first-order valence-corrected chi connectivity index (χ1v) is 9.73. The lowest BCUT2D eigenvalue weighted by Crippen LogP contribution is -2.48. The van der Waals surface area contributed by atoms with E-state index >= 15 is 0 Å². The van der Waals surface area contributed by atoms with Crippen molar-refractivity contribution in [1.29, 1.82) is 0 Å². The highest BCUT2D eigenvalue weighted by atomic mass is 35.5. The van der Waals surface area contributed by atoms with Gasteiger partial charge in [-0.2, -0.15) is 5.10 Å². The fourth-order valence-corrected chi connectivity index (χ4v) is 4.83. The summed E-state index contributed by atoms with van der Waals surface area (Å²) in [5, 5.41) is 8.18. The lowest BCUT2D eigenvalue weighted by molar-refractivity contribution is -0.140. The number of amides is 1. The van der Waals surface area contributed by atoms with E-state index in [1.165, 1.54) is 25.7 Å². The van der Waals surface area contributed by atoms with Gasteiger partial charge in [0, 0.05) is 37.3 Å². The number of ether oxygens (including phenoxy) is 1. The number of carbonyl (C=O) groups is 1. The van der Waals surface area contributed by atoms with Crippen molar-refractivity contribution in [1.82, 2.24) is 20.0 Å². The SMILES string of the molecule is Cc1cc(C)n(CC2CN(C(=O)CC3CC4CCC(C3)N4)CCO2)n1.Cl.Cl. The van der Waals surface area contributed by atoms with Gasteiger partial charge in [0.15, 0.2) is 0 Å². The normalized spacial score (nSPS) is 29.8. The summed E-state index contributed by atoms with van der Waals surface area (Å²) in [5.74, 6) is 0.872. The number of piperidine rings is 1. The quantitative estimate of drug-likeness (QED) is 0.815. The number of rotatable bonds is 4. The summed E-state index contributed by atoms with van der Waals surface area (Å²) in [6.45, 7) is 6.85. The molecule has 0 aliphatic carbocycles. The van der Waals surface area contributed by atoms with Crippen LogP contribution in [0.2, 0.25) is 0 Å². The molecule has 1 N–H and O–H groups in total. The second-order valence-corrected chi connectivity index (χ2v) is 8.12. The van der Waals surface area contributed by atoms with Crippen LogP contribution in [-0.4, -0.2) is 58.5 Å². The van der Waals surface area contributed by atoms with E-state index in [9.17, 15) is 4.79 Å². The summed E-state index contributed by atoms with van der Waals surface area (Å²) in [6.07, 6.45) is 5.67. The van der Waals surface area contributed by atoms with Crippen molar-refractivity contribution in [2.45, 2.75) is 70.7 Å². The molecular weight excluding hydrogens is 387 g/mol. The molecule has 3 atom stereocenters. The molecule has 0 aromatic carbocycles. The Bertz CT molecular complexity index is 627. The predicted molar refractivity (Wildman–Crippen MR) is 110 cm³/mol. The van der Waals surface area contributed by atoms with Gasteiger partial charge in [-0.3, -0.25) is 9.48 Å². The first-order valence-electron chi connectivity index (χ1n) is 9.73. The second-order valence-electron chi connectivity index (χ2n) is 8.12. The van der Waals surface area contributed by atoms with Crippen LogP contribution in [0.4, 0.5) is 0 Å². The van der Waals surface area contributed by atoms with Gasteiger partial charge in [-0.1, -0.05) is 0 Å². The van der Waals surface area contributed by atoms with Crippen LogP contribution in [0.5, 0.6) is 0 Å². The van der Waals surface area contributed by atoms with Gasteiger partial charge in [-0.05, 0) is 51.5 Å².